The third-order valence-corrected chi connectivity index (χ3v) is 3.06. The number of piperidine rings is 1. The highest BCUT2D eigenvalue weighted by Crippen LogP contribution is 2.33. The van der Waals surface area contributed by atoms with Gasteiger partial charge in [-0.05, 0) is 43.0 Å². The fourth-order valence-corrected chi connectivity index (χ4v) is 2.15. The van der Waals surface area contributed by atoms with Gasteiger partial charge in [0.2, 0.25) is 0 Å². The van der Waals surface area contributed by atoms with Crippen LogP contribution in [0, 0.1) is 5.82 Å². The van der Waals surface area contributed by atoms with Crippen molar-refractivity contribution in [2.75, 3.05) is 13.1 Å². The SMILES string of the molecule is Fc1cc(C(F)(F)F)ccc1[C@H]1CCCNC1. The van der Waals surface area contributed by atoms with Gasteiger partial charge < -0.3 is 5.32 Å². The van der Waals surface area contributed by atoms with E-state index in [0.29, 0.717) is 18.2 Å². The molecule has 0 aromatic heterocycles. The van der Waals surface area contributed by atoms with Crippen molar-refractivity contribution < 1.29 is 17.6 Å². The van der Waals surface area contributed by atoms with E-state index in [-0.39, 0.29) is 5.92 Å². The summed E-state index contributed by atoms with van der Waals surface area (Å²) in [4.78, 5) is 0. The second kappa shape index (κ2) is 4.64. The van der Waals surface area contributed by atoms with Crippen molar-refractivity contribution in [1.29, 1.82) is 0 Å². The van der Waals surface area contributed by atoms with Gasteiger partial charge in [-0.15, -0.1) is 0 Å². The molecule has 1 aromatic rings. The lowest BCUT2D eigenvalue weighted by Crippen LogP contribution is -2.28. The summed E-state index contributed by atoms with van der Waals surface area (Å²) in [7, 11) is 0. The molecule has 0 amide bonds. The average molecular weight is 247 g/mol. The molecule has 1 aliphatic heterocycles. The lowest BCUT2D eigenvalue weighted by molar-refractivity contribution is -0.137. The molecule has 0 bridgehead atoms. The minimum Gasteiger partial charge on any atom is -0.316 e. The number of rotatable bonds is 1. The normalized spacial score (nSPS) is 21.5. The van der Waals surface area contributed by atoms with Gasteiger partial charge in [-0.25, -0.2) is 4.39 Å². The maximum atomic E-state index is 13.6. The first kappa shape index (κ1) is 12.4. The van der Waals surface area contributed by atoms with Gasteiger partial charge in [0.1, 0.15) is 5.82 Å². The van der Waals surface area contributed by atoms with Crippen LogP contribution in [0.25, 0.3) is 0 Å². The van der Waals surface area contributed by atoms with Crippen molar-refractivity contribution in [1.82, 2.24) is 5.32 Å². The van der Waals surface area contributed by atoms with Crippen LogP contribution in [0.5, 0.6) is 0 Å². The molecule has 0 saturated carbocycles. The molecule has 2 rings (SSSR count). The molecule has 1 N–H and O–H groups in total. The molecule has 0 aliphatic carbocycles. The Morgan fingerprint density at radius 3 is 2.53 bits per heavy atom. The molecule has 0 spiro atoms. The Morgan fingerprint density at radius 2 is 2.00 bits per heavy atom. The summed E-state index contributed by atoms with van der Waals surface area (Å²) < 4.78 is 50.7. The minimum absolute atomic E-state index is 0.0222. The van der Waals surface area contributed by atoms with Crippen molar-refractivity contribution in [2.24, 2.45) is 0 Å². The average Bonchev–Trinajstić information content (AvgIpc) is 2.29. The topological polar surface area (TPSA) is 12.0 Å². The highest BCUT2D eigenvalue weighted by Gasteiger charge is 2.31. The molecule has 0 unspecified atom stereocenters. The van der Waals surface area contributed by atoms with Crippen LogP contribution in [0.4, 0.5) is 17.6 Å². The van der Waals surface area contributed by atoms with Gasteiger partial charge in [-0.2, -0.15) is 13.2 Å². The fraction of sp³-hybridized carbons (Fsp3) is 0.500. The Hall–Kier alpha value is -1.10. The van der Waals surface area contributed by atoms with Crippen molar-refractivity contribution >= 4 is 0 Å². The summed E-state index contributed by atoms with van der Waals surface area (Å²) in [6.07, 6.45) is -2.75. The summed E-state index contributed by atoms with van der Waals surface area (Å²) in [5.41, 5.74) is -0.548. The van der Waals surface area contributed by atoms with Gasteiger partial charge in [-0.3, -0.25) is 0 Å². The number of halogens is 4. The van der Waals surface area contributed by atoms with E-state index in [0.717, 1.165) is 25.5 Å². The summed E-state index contributed by atoms with van der Waals surface area (Å²) in [5.74, 6) is -0.778. The van der Waals surface area contributed by atoms with Crippen LogP contribution in [0.15, 0.2) is 18.2 Å². The zero-order valence-electron chi connectivity index (χ0n) is 9.15. The molecule has 5 heteroatoms. The van der Waals surface area contributed by atoms with E-state index in [2.05, 4.69) is 5.32 Å². The van der Waals surface area contributed by atoms with Crippen LogP contribution in [0.1, 0.15) is 29.9 Å². The second-order valence-corrected chi connectivity index (χ2v) is 4.28. The number of hydrogen-bond acceptors (Lipinski definition) is 1. The summed E-state index contributed by atoms with van der Waals surface area (Å²) in [6.45, 7) is 1.51. The van der Waals surface area contributed by atoms with Crippen LogP contribution in [-0.2, 0) is 6.18 Å². The Kier molecular flexibility index (Phi) is 3.38. The predicted molar refractivity (Wildman–Crippen MR) is 56.2 cm³/mol. The van der Waals surface area contributed by atoms with Crippen LogP contribution in [-0.4, -0.2) is 13.1 Å². The monoisotopic (exact) mass is 247 g/mol. The highest BCUT2D eigenvalue weighted by atomic mass is 19.4. The first-order chi connectivity index (χ1) is 7.98. The molecule has 17 heavy (non-hydrogen) atoms. The van der Waals surface area contributed by atoms with Gasteiger partial charge in [-0.1, -0.05) is 6.07 Å². The van der Waals surface area contributed by atoms with Gasteiger partial charge in [0.05, 0.1) is 5.56 Å². The Morgan fingerprint density at radius 1 is 1.24 bits per heavy atom. The maximum Gasteiger partial charge on any atom is 0.416 e. The zero-order chi connectivity index (χ0) is 12.5. The minimum atomic E-state index is -4.48. The molecule has 1 nitrogen and oxygen atoms in total. The van der Waals surface area contributed by atoms with Gasteiger partial charge in [0.15, 0.2) is 0 Å². The third kappa shape index (κ3) is 2.77. The van der Waals surface area contributed by atoms with E-state index in [4.69, 9.17) is 0 Å². The van der Waals surface area contributed by atoms with Crippen molar-refractivity contribution in [3.63, 3.8) is 0 Å². The summed E-state index contributed by atoms with van der Waals surface area (Å²) in [5, 5.41) is 3.12. The number of nitrogens with one attached hydrogen (secondary N) is 1. The molecular weight excluding hydrogens is 234 g/mol. The molecule has 94 valence electrons. The fourth-order valence-electron chi connectivity index (χ4n) is 2.15. The van der Waals surface area contributed by atoms with E-state index in [1.165, 1.54) is 6.07 Å². The van der Waals surface area contributed by atoms with E-state index >= 15 is 0 Å². The standard InChI is InChI=1S/C12H13F4N/c13-11-6-9(12(14,15)16)3-4-10(11)8-2-1-5-17-7-8/h3-4,6,8,17H,1-2,5,7H2/t8-/m0/s1. The van der Waals surface area contributed by atoms with Gasteiger partial charge in [0, 0.05) is 6.54 Å². The Bertz CT molecular complexity index is 394. The first-order valence-electron chi connectivity index (χ1n) is 5.56. The Labute approximate surface area is 96.8 Å². The van der Waals surface area contributed by atoms with E-state index in [1.54, 1.807) is 0 Å². The number of hydrogen-bond donors (Lipinski definition) is 1. The zero-order valence-corrected chi connectivity index (χ0v) is 9.15. The molecule has 1 saturated heterocycles. The molecule has 0 radical (unpaired) electrons. The Balaban J connectivity index is 2.25. The van der Waals surface area contributed by atoms with Gasteiger partial charge in [0.25, 0.3) is 0 Å². The largest absolute Gasteiger partial charge is 0.416 e. The van der Waals surface area contributed by atoms with Crippen molar-refractivity contribution in [3.05, 3.63) is 35.1 Å². The van der Waals surface area contributed by atoms with Crippen LogP contribution < -0.4 is 5.32 Å². The smallest absolute Gasteiger partial charge is 0.316 e. The first-order valence-corrected chi connectivity index (χ1v) is 5.56. The van der Waals surface area contributed by atoms with Crippen molar-refractivity contribution in [2.45, 2.75) is 24.9 Å². The second-order valence-electron chi connectivity index (χ2n) is 4.28. The van der Waals surface area contributed by atoms with Crippen molar-refractivity contribution in [3.8, 4) is 0 Å². The van der Waals surface area contributed by atoms with Crippen LogP contribution in [0.3, 0.4) is 0 Å². The molecule has 1 fully saturated rings. The predicted octanol–water partition coefficient (Wildman–Crippen LogP) is 3.31. The summed E-state index contributed by atoms with van der Waals surface area (Å²) in [6, 6.07) is 2.80. The molecular formula is C12H13F4N. The van der Waals surface area contributed by atoms with E-state index < -0.39 is 17.6 Å². The quantitative estimate of drug-likeness (QED) is 0.751. The highest BCUT2D eigenvalue weighted by molar-refractivity contribution is 5.29. The molecule has 1 atom stereocenters. The molecule has 1 aromatic carbocycles. The number of alkyl halides is 3. The van der Waals surface area contributed by atoms with E-state index in [9.17, 15) is 17.6 Å². The van der Waals surface area contributed by atoms with E-state index in [1.807, 2.05) is 0 Å². The third-order valence-electron chi connectivity index (χ3n) is 3.06. The van der Waals surface area contributed by atoms with Gasteiger partial charge >= 0.3 is 6.18 Å². The van der Waals surface area contributed by atoms with Crippen LogP contribution in [0.2, 0.25) is 0 Å². The maximum absolute atomic E-state index is 13.6. The molecule has 1 heterocycles. The van der Waals surface area contributed by atoms with Crippen LogP contribution >= 0.6 is 0 Å². The number of benzene rings is 1. The summed E-state index contributed by atoms with van der Waals surface area (Å²) >= 11 is 0. The molecule has 1 aliphatic rings. The lowest BCUT2D eigenvalue weighted by atomic mass is 9.90. The lowest BCUT2D eigenvalue weighted by Gasteiger charge is -2.23.